The van der Waals surface area contributed by atoms with Crippen molar-refractivity contribution in [1.29, 1.82) is 0 Å². The first-order valence-corrected chi connectivity index (χ1v) is 6.24. The maximum atomic E-state index is 4.52. The molecule has 82 valence electrons. The summed E-state index contributed by atoms with van der Waals surface area (Å²) in [7, 11) is 0. The van der Waals surface area contributed by atoms with E-state index < -0.39 is 0 Å². The Morgan fingerprint density at radius 3 is 2.53 bits per heavy atom. The molecule has 0 spiro atoms. The highest BCUT2D eigenvalue weighted by atomic mass is 79.9. The summed E-state index contributed by atoms with van der Waals surface area (Å²) < 4.78 is 1.07. The van der Waals surface area contributed by atoms with Gasteiger partial charge < -0.3 is 5.32 Å². The number of nitrogens with zero attached hydrogens (tertiary/aromatic N) is 1. The Balaban J connectivity index is 2.15. The summed E-state index contributed by atoms with van der Waals surface area (Å²) in [6, 6.07) is 4.10. The second-order valence-electron chi connectivity index (χ2n) is 4.70. The number of pyridine rings is 1. The molecule has 1 aromatic heterocycles. The van der Waals surface area contributed by atoms with E-state index >= 15 is 0 Å². The van der Waals surface area contributed by atoms with E-state index in [9.17, 15) is 0 Å². The molecule has 0 radical (unpaired) electrons. The molecule has 3 heteroatoms. The van der Waals surface area contributed by atoms with E-state index in [4.69, 9.17) is 0 Å². The van der Waals surface area contributed by atoms with Gasteiger partial charge in [0.1, 0.15) is 5.82 Å². The third kappa shape index (κ3) is 2.17. The quantitative estimate of drug-likeness (QED) is 0.903. The third-order valence-corrected chi connectivity index (χ3v) is 4.13. The first-order valence-electron chi connectivity index (χ1n) is 5.45. The summed E-state index contributed by atoms with van der Waals surface area (Å²) >= 11 is 3.46. The lowest BCUT2D eigenvalue weighted by Crippen LogP contribution is -2.28. The minimum absolute atomic E-state index is 0.313. The van der Waals surface area contributed by atoms with Crippen LogP contribution in [0.4, 0.5) is 5.82 Å². The molecule has 1 fully saturated rings. The molecule has 1 heterocycles. The Hall–Kier alpha value is -0.570. The smallest absolute Gasteiger partial charge is 0.126 e. The summed E-state index contributed by atoms with van der Waals surface area (Å²) in [5.74, 6) is 1.67. The molecule has 0 unspecified atom stereocenters. The number of rotatable bonds is 3. The summed E-state index contributed by atoms with van der Waals surface area (Å²) in [5.41, 5.74) is 1.35. The predicted octanol–water partition coefficient (Wildman–Crippen LogP) is 3.75. The molecule has 0 saturated heterocycles. The number of aryl methyl sites for hydroxylation is 1. The van der Waals surface area contributed by atoms with Crippen LogP contribution in [0.15, 0.2) is 16.6 Å². The van der Waals surface area contributed by atoms with Gasteiger partial charge in [-0.25, -0.2) is 4.98 Å². The molecule has 0 atom stereocenters. The lowest BCUT2D eigenvalue weighted by atomic mass is 10.0. The zero-order valence-electron chi connectivity index (χ0n) is 9.47. The van der Waals surface area contributed by atoms with Crippen LogP contribution < -0.4 is 5.32 Å². The van der Waals surface area contributed by atoms with E-state index in [0.717, 1.165) is 16.0 Å². The Kier molecular flexibility index (Phi) is 2.75. The van der Waals surface area contributed by atoms with Gasteiger partial charge in [-0.05, 0) is 53.7 Å². The SMILES string of the molecule is Cc1nc(NC2(C(C)C)CC2)ccc1Br. The molecular weight excluding hydrogens is 252 g/mol. The van der Waals surface area contributed by atoms with Crippen LogP contribution in [0.1, 0.15) is 32.4 Å². The molecule has 1 saturated carbocycles. The highest BCUT2D eigenvalue weighted by molar-refractivity contribution is 9.10. The Morgan fingerprint density at radius 2 is 2.07 bits per heavy atom. The van der Waals surface area contributed by atoms with Crippen molar-refractivity contribution in [2.24, 2.45) is 5.92 Å². The molecule has 2 rings (SSSR count). The zero-order chi connectivity index (χ0) is 11.1. The monoisotopic (exact) mass is 268 g/mol. The van der Waals surface area contributed by atoms with E-state index in [-0.39, 0.29) is 0 Å². The van der Waals surface area contributed by atoms with Crippen LogP contribution in [0.5, 0.6) is 0 Å². The first kappa shape index (κ1) is 10.9. The number of halogens is 1. The summed E-state index contributed by atoms with van der Waals surface area (Å²) in [4.78, 5) is 4.52. The molecule has 0 bridgehead atoms. The molecule has 2 nitrogen and oxygen atoms in total. The average Bonchev–Trinajstić information content (AvgIpc) is 2.93. The van der Waals surface area contributed by atoms with Crippen molar-refractivity contribution in [3.63, 3.8) is 0 Å². The van der Waals surface area contributed by atoms with Gasteiger partial charge in [-0.3, -0.25) is 0 Å². The van der Waals surface area contributed by atoms with Crippen molar-refractivity contribution in [3.05, 3.63) is 22.3 Å². The predicted molar refractivity (Wildman–Crippen MR) is 67.1 cm³/mol. The number of aromatic nitrogens is 1. The molecule has 1 aliphatic rings. The molecule has 0 amide bonds. The Labute approximate surface area is 99.6 Å². The largest absolute Gasteiger partial charge is 0.364 e. The highest BCUT2D eigenvalue weighted by Gasteiger charge is 2.45. The zero-order valence-corrected chi connectivity index (χ0v) is 11.1. The molecular formula is C12H17BrN2. The lowest BCUT2D eigenvalue weighted by molar-refractivity contribution is 0.510. The van der Waals surface area contributed by atoms with Crippen LogP contribution in [0, 0.1) is 12.8 Å². The second-order valence-corrected chi connectivity index (χ2v) is 5.55. The van der Waals surface area contributed by atoms with Gasteiger partial charge in [0.05, 0.1) is 5.69 Å². The fraction of sp³-hybridized carbons (Fsp3) is 0.583. The number of anilines is 1. The van der Waals surface area contributed by atoms with Crippen molar-refractivity contribution in [3.8, 4) is 0 Å². The van der Waals surface area contributed by atoms with Crippen molar-refractivity contribution in [1.82, 2.24) is 4.98 Å². The minimum atomic E-state index is 0.313. The summed E-state index contributed by atoms with van der Waals surface area (Å²) in [5, 5.41) is 3.56. The fourth-order valence-electron chi connectivity index (χ4n) is 1.85. The van der Waals surface area contributed by atoms with Crippen LogP contribution in [-0.4, -0.2) is 10.5 Å². The minimum Gasteiger partial charge on any atom is -0.364 e. The molecule has 0 aliphatic heterocycles. The van der Waals surface area contributed by atoms with Gasteiger partial charge in [0.2, 0.25) is 0 Å². The fourth-order valence-corrected chi connectivity index (χ4v) is 2.07. The number of nitrogens with one attached hydrogen (secondary N) is 1. The van der Waals surface area contributed by atoms with Crippen LogP contribution in [0.2, 0.25) is 0 Å². The normalized spacial score (nSPS) is 17.9. The van der Waals surface area contributed by atoms with Crippen molar-refractivity contribution in [2.45, 2.75) is 39.2 Å². The van der Waals surface area contributed by atoms with E-state index in [0.29, 0.717) is 11.5 Å². The molecule has 15 heavy (non-hydrogen) atoms. The van der Waals surface area contributed by atoms with Gasteiger partial charge in [-0.1, -0.05) is 13.8 Å². The highest BCUT2D eigenvalue weighted by Crippen LogP contribution is 2.44. The second kappa shape index (κ2) is 3.78. The topological polar surface area (TPSA) is 24.9 Å². The van der Waals surface area contributed by atoms with Crippen molar-refractivity contribution < 1.29 is 0 Å². The van der Waals surface area contributed by atoms with E-state index in [2.05, 4.69) is 46.1 Å². The average molecular weight is 269 g/mol. The molecule has 0 aromatic carbocycles. The van der Waals surface area contributed by atoms with E-state index in [1.165, 1.54) is 12.8 Å². The standard InChI is InChI=1S/C12H17BrN2/c1-8(2)12(6-7-12)15-11-5-4-10(13)9(3)14-11/h4-5,8H,6-7H2,1-3H3,(H,14,15). The summed E-state index contributed by atoms with van der Waals surface area (Å²) in [6.07, 6.45) is 2.53. The maximum Gasteiger partial charge on any atom is 0.126 e. The van der Waals surface area contributed by atoms with Crippen LogP contribution in [0.25, 0.3) is 0 Å². The van der Waals surface area contributed by atoms with E-state index in [1.807, 2.05) is 13.0 Å². The molecule has 1 N–H and O–H groups in total. The van der Waals surface area contributed by atoms with Gasteiger partial charge in [-0.15, -0.1) is 0 Å². The van der Waals surface area contributed by atoms with Gasteiger partial charge in [0.25, 0.3) is 0 Å². The molecule has 1 aliphatic carbocycles. The Morgan fingerprint density at radius 1 is 1.40 bits per heavy atom. The maximum absolute atomic E-state index is 4.52. The first-order chi connectivity index (χ1) is 7.03. The third-order valence-electron chi connectivity index (χ3n) is 3.29. The Bertz CT molecular complexity index is 370. The molecule has 1 aromatic rings. The van der Waals surface area contributed by atoms with Crippen molar-refractivity contribution >= 4 is 21.7 Å². The number of hydrogen-bond donors (Lipinski definition) is 1. The van der Waals surface area contributed by atoms with Gasteiger partial charge in [0, 0.05) is 10.0 Å². The number of hydrogen-bond acceptors (Lipinski definition) is 2. The van der Waals surface area contributed by atoms with Crippen LogP contribution in [-0.2, 0) is 0 Å². The van der Waals surface area contributed by atoms with E-state index in [1.54, 1.807) is 0 Å². The van der Waals surface area contributed by atoms with Crippen molar-refractivity contribution in [2.75, 3.05) is 5.32 Å². The van der Waals surface area contributed by atoms with Gasteiger partial charge in [0.15, 0.2) is 0 Å². The van der Waals surface area contributed by atoms with Gasteiger partial charge in [-0.2, -0.15) is 0 Å². The van der Waals surface area contributed by atoms with Gasteiger partial charge >= 0.3 is 0 Å². The van der Waals surface area contributed by atoms with Crippen LogP contribution >= 0.6 is 15.9 Å². The lowest BCUT2D eigenvalue weighted by Gasteiger charge is -2.22. The van der Waals surface area contributed by atoms with Crippen LogP contribution in [0.3, 0.4) is 0 Å². The summed E-state index contributed by atoms with van der Waals surface area (Å²) in [6.45, 7) is 6.56.